The van der Waals surface area contributed by atoms with Crippen LogP contribution in [0.15, 0.2) is 121 Å². The monoisotopic (exact) mass is 886 g/mol. The van der Waals surface area contributed by atoms with Crippen LogP contribution in [0.25, 0.3) is 45.0 Å². The number of hydrogen-bond donors (Lipinski definition) is 3. The van der Waals surface area contributed by atoms with Gasteiger partial charge in [0, 0.05) is 50.6 Å². The summed E-state index contributed by atoms with van der Waals surface area (Å²) in [5, 5.41) is 45.4. The zero-order valence-electron chi connectivity index (χ0n) is 33.3. The first-order valence-electron chi connectivity index (χ1n) is 18.3. The molecule has 0 saturated carbocycles. The first-order chi connectivity index (χ1) is 27.7. The molecule has 308 valence electrons. The molecule has 2 heterocycles. The van der Waals surface area contributed by atoms with E-state index in [0.29, 0.717) is 18.2 Å². The number of carbonyl (C=O) groups is 2. The molecule has 7 aromatic rings. The average molecular weight is 887 g/mol. The van der Waals surface area contributed by atoms with E-state index in [2.05, 4.69) is 36.1 Å². The van der Waals surface area contributed by atoms with Gasteiger partial charge in [0.15, 0.2) is 5.82 Å². The minimum Gasteiger partial charge on any atom is -0.496 e. The molecule has 0 spiro atoms. The molecule has 15 heteroatoms. The first kappa shape index (κ1) is 45.3. The van der Waals surface area contributed by atoms with Crippen LogP contribution in [0.5, 0.6) is 5.75 Å². The zero-order valence-corrected chi connectivity index (χ0v) is 34.9. The van der Waals surface area contributed by atoms with Gasteiger partial charge in [-0.2, -0.15) is 5.21 Å². The van der Waals surface area contributed by atoms with Crippen molar-refractivity contribution in [3.05, 3.63) is 145 Å². The molecule has 5 aromatic carbocycles. The molecule has 7 rings (SSSR count). The van der Waals surface area contributed by atoms with Crippen molar-refractivity contribution in [2.45, 2.75) is 46.5 Å². The number of aliphatic carboxylic acids is 1. The number of aromatic amines is 1. The number of benzene rings is 5. The molecule has 0 aliphatic heterocycles. The molecule has 1 atom stereocenters. The van der Waals surface area contributed by atoms with Crippen LogP contribution >= 0.6 is 0 Å². The number of H-pyrrole nitrogens is 1. The second-order valence-electron chi connectivity index (χ2n) is 13.5. The van der Waals surface area contributed by atoms with E-state index in [1.54, 1.807) is 25.6 Å². The summed E-state index contributed by atoms with van der Waals surface area (Å²) in [5.41, 5.74) is 8.52. The fourth-order valence-corrected chi connectivity index (χ4v) is 6.59. The number of carbonyl (C=O) groups excluding carboxylic acids is 1. The number of hydrogen-bond acceptors (Lipinski definition) is 10. The summed E-state index contributed by atoms with van der Waals surface area (Å²) in [7, 11) is 1.66. The number of carboxylic acids is 1. The predicted molar refractivity (Wildman–Crippen MR) is 221 cm³/mol. The summed E-state index contributed by atoms with van der Waals surface area (Å²) in [6.45, 7) is 5.76. The summed E-state index contributed by atoms with van der Waals surface area (Å²) in [6, 6.07) is 38.3. The molecule has 0 radical (unpaired) electrons. The molecule has 0 aliphatic carbocycles. The first-order valence-corrected chi connectivity index (χ1v) is 18.3. The van der Waals surface area contributed by atoms with Crippen LogP contribution in [0.2, 0.25) is 0 Å². The smallest absolute Gasteiger partial charge is 0.326 e. The maximum atomic E-state index is 12.1. The molecule has 0 fully saturated rings. The molecule has 1 amide bonds. The third-order valence-electron chi connectivity index (χ3n) is 9.42. The van der Waals surface area contributed by atoms with E-state index >= 15 is 0 Å². The van der Waals surface area contributed by atoms with Crippen LogP contribution in [-0.2, 0) is 49.7 Å². The minimum atomic E-state index is -0.999. The summed E-state index contributed by atoms with van der Waals surface area (Å²) in [4.78, 5) is 25.2. The van der Waals surface area contributed by atoms with Gasteiger partial charge in [0.2, 0.25) is 11.7 Å². The Kier molecular flexibility index (Phi) is 16.4. The number of aromatic nitrogens is 8. The van der Waals surface area contributed by atoms with E-state index in [0.717, 1.165) is 55.8 Å². The van der Waals surface area contributed by atoms with Crippen LogP contribution < -0.4 is 4.74 Å². The molecule has 14 nitrogen and oxygen atoms in total. The number of rotatable bonds is 13. The van der Waals surface area contributed by atoms with Crippen molar-refractivity contribution < 1.29 is 45.0 Å². The van der Waals surface area contributed by atoms with Gasteiger partial charge < -0.3 is 27.3 Å². The fraction of sp³-hybridized carbons (Fsp3) is 0.205. The van der Waals surface area contributed by atoms with Gasteiger partial charge in [0.25, 0.3) is 0 Å². The molecule has 0 bridgehead atoms. The van der Waals surface area contributed by atoms with Crippen LogP contribution in [-0.4, -0.2) is 81.0 Å². The van der Waals surface area contributed by atoms with Gasteiger partial charge in [-0.05, 0) is 61.0 Å². The summed E-state index contributed by atoms with van der Waals surface area (Å²) in [5.74, 6) is 0.536. The number of nitrogens with zero attached hydrogens (tertiary/aromatic N) is 8. The minimum absolute atomic E-state index is 0. The predicted octanol–water partition coefficient (Wildman–Crippen LogP) is 7.00. The Morgan fingerprint density at radius 1 is 0.780 bits per heavy atom. The third kappa shape index (κ3) is 11.0. The number of methoxy groups -OCH3 is 1. The SMILES string of the molecule is CC(=O)N(Cc1ccc(-c2ccccc2-c2nn[nH]n2)cc1)[C@H](C(=O)O)C(C)C.COc1ccccc1Cn1nnnc1-c1ccccc1-c1ccc(CO)cc1.[CH3-].[Pd]. The Hall–Kier alpha value is -6.40. The Balaban J connectivity index is 0.000000252. The Morgan fingerprint density at radius 2 is 1.34 bits per heavy atom. The van der Waals surface area contributed by atoms with Crippen molar-refractivity contribution >= 4 is 11.9 Å². The molecular formula is C44H46N9O5Pd-. The van der Waals surface area contributed by atoms with E-state index < -0.39 is 12.0 Å². The van der Waals surface area contributed by atoms with Crippen molar-refractivity contribution in [3.8, 4) is 50.8 Å². The van der Waals surface area contributed by atoms with Crippen molar-refractivity contribution in [2.75, 3.05) is 7.11 Å². The van der Waals surface area contributed by atoms with E-state index in [-0.39, 0.29) is 52.8 Å². The maximum Gasteiger partial charge on any atom is 0.326 e. The number of aliphatic hydroxyl groups excluding tert-OH is 1. The summed E-state index contributed by atoms with van der Waals surface area (Å²) >= 11 is 0. The second-order valence-corrected chi connectivity index (χ2v) is 13.5. The number of carboxylic acid groups (broad SMARTS) is 1. The zero-order chi connectivity index (χ0) is 40.3. The fourth-order valence-electron chi connectivity index (χ4n) is 6.59. The number of aliphatic hydroxyl groups is 1. The molecule has 0 aliphatic rings. The average Bonchev–Trinajstić information content (AvgIpc) is 3.94. The van der Waals surface area contributed by atoms with Crippen LogP contribution in [0.3, 0.4) is 0 Å². The summed E-state index contributed by atoms with van der Waals surface area (Å²) in [6.07, 6.45) is 0. The standard InChI is InChI=1S/C22H20N4O2.C21H23N5O3.CH3.Pd/c1-28-21-9-5-2-6-18(21)14-26-22(23-24-25-26)20-8-4-3-7-19(20)17-12-10-16(15-27)11-13-17;1-13(2)19(21(28)29)26(14(3)27)12-15-8-10-16(11-9-15)17-6-4-5-7-18(17)20-22-24-25-23-20;;/h2-13,27H,14-15H2,1H3;4-11,13,19H,12H2,1-3H3,(H,28,29)(H,22,23,24,25);1H3;/q;;-1;/t;19-;;/m.0../s1. The number of amides is 1. The largest absolute Gasteiger partial charge is 0.496 e. The normalized spacial score (nSPS) is 11.0. The number of para-hydroxylation sites is 1. The van der Waals surface area contributed by atoms with E-state index in [4.69, 9.17) is 4.74 Å². The quantitative estimate of drug-likeness (QED) is 0.0801. The molecule has 0 saturated heterocycles. The topological polar surface area (TPSA) is 185 Å². The van der Waals surface area contributed by atoms with Gasteiger partial charge >= 0.3 is 5.97 Å². The number of tetrazole rings is 2. The third-order valence-corrected chi connectivity index (χ3v) is 9.42. The van der Waals surface area contributed by atoms with E-state index in [1.807, 2.05) is 121 Å². The van der Waals surface area contributed by atoms with Crippen molar-refractivity contribution in [1.29, 1.82) is 0 Å². The maximum absolute atomic E-state index is 12.1. The van der Waals surface area contributed by atoms with Crippen molar-refractivity contribution in [1.82, 2.24) is 45.7 Å². The Labute approximate surface area is 356 Å². The van der Waals surface area contributed by atoms with E-state index in [1.165, 1.54) is 11.8 Å². The molecule has 2 aromatic heterocycles. The van der Waals surface area contributed by atoms with Crippen molar-refractivity contribution in [3.63, 3.8) is 0 Å². The van der Waals surface area contributed by atoms with E-state index in [9.17, 15) is 19.8 Å². The number of ether oxygens (including phenoxy) is 1. The van der Waals surface area contributed by atoms with Gasteiger partial charge in [0.05, 0.1) is 20.3 Å². The van der Waals surface area contributed by atoms with Crippen LogP contribution in [0.4, 0.5) is 0 Å². The van der Waals surface area contributed by atoms with Crippen LogP contribution in [0.1, 0.15) is 37.5 Å². The second kappa shape index (κ2) is 21.4. The van der Waals surface area contributed by atoms with Gasteiger partial charge in [-0.15, -0.1) is 15.3 Å². The van der Waals surface area contributed by atoms with Crippen molar-refractivity contribution in [2.24, 2.45) is 5.92 Å². The number of nitrogens with one attached hydrogen (secondary N) is 1. The van der Waals surface area contributed by atoms with Gasteiger partial charge in [-0.3, -0.25) is 4.79 Å². The summed E-state index contributed by atoms with van der Waals surface area (Å²) < 4.78 is 7.23. The van der Waals surface area contributed by atoms with Crippen LogP contribution in [0, 0.1) is 13.3 Å². The molecular weight excluding hydrogens is 841 g/mol. The molecule has 0 unspecified atom stereocenters. The van der Waals surface area contributed by atoms with Gasteiger partial charge in [0.1, 0.15) is 11.8 Å². The molecule has 59 heavy (non-hydrogen) atoms. The Morgan fingerprint density at radius 3 is 1.88 bits per heavy atom. The Bertz CT molecular complexity index is 2400. The molecule has 3 N–H and O–H groups in total. The van der Waals surface area contributed by atoms with Gasteiger partial charge in [-0.1, -0.05) is 129 Å². The van der Waals surface area contributed by atoms with Gasteiger partial charge in [-0.25, -0.2) is 9.48 Å².